The third kappa shape index (κ3) is 2.53. The first-order chi connectivity index (χ1) is 9.02. The summed E-state index contributed by atoms with van der Waals surface area (Å²) in [6.07, 6.45) is 1.34. The van der Waals surface area contributed by atoms with Crippen molar-refractivity contribution >= 4 is 5.91 Å². The summed E-state index contributed by atoms with van der Waals surface area (Å²) in [4.78, 5) is 23.2. The van der Waals surface area contributed by atoms with Gasteiger partial charge in [0.1, 0.15) is 11.4 Å². The van der Waals surface area contributed by atoms with Gasteiger partial charge in [-0.2, -0.15) is 0 Å². The number of carbonyl (C=O) groups is 1. The molecule has 0 unspecified atom stereocenters. The van der Waals surface area contributed by atoms with E-state index in [9.17, 15) is 14.0 Å². The molecule has 1 aromatic heterocycles. The van der Waals surface area contributed by atoms with Crippen molar-refractivity contribution in [3.05, 3.63) is 63.8 Å². The number of amides is 1. The maximum absolute atomic E-state index is 13.2. The van der Waals surface area contributed by atoms with E-state index in [1.54, 1.807) is 23.6 Å². The first-order valence-corrected chi connectivity index (χ1v) is 5.53. The number of hydrazine groups is 1. The lowest BCUT2D eigenvalue weighted by Gasteiger charge is -2.12. The van der Waals surface area contributed by atoms with Crippen molar-refractivity contribution in [1.29, 1.82) is 0 Å². The highest BCUT2D eigenvalue weighted by molar-refractivity contribution is 5.93. The van der Waals surface area contributed by atoms with Crippen molar-refractivity contribution in [3.63, 3.8) is 0 Å². The number of nitrogens with two attached hydrogens (primary N) is 1. The van der Waals surface area contributed by atoms with E-state index < -0.39 is 17.2 Å². The lowest BCUT2D eigenvalue weighted by atomic mass is 10.2. The van der Waals surface area contributed by atoms with Gasteiger partial charge in [-0.25, -0.2) is 10.2 Å². The number of halogens is 1. The molecule has 1 amide bonds. The zero-order chi connectivity index (χ0) is 14.0. The Balaban J connectivity index is 2.64. The molecule has 0 radical (unpaired) electrons. The van der Waals surface area contributed by atoms with Crippen molar-refractivity contribution in [2.45, 2.75) is 6.92 Å². The molecule has 0 fully saturated rings. The second kappa shape index (κ2) is 5.03. The first kappa shape index (κ1) is 13.0. The minimum atomic E-state index is -0.685. The van der Waals surface area contributed by atoms with Crippen LogP contribution >= 0.6 is 0 Å². The van der Waals surface area contributed by atoms with Crippen molar-refractivity contribution in [2.24, 2.45) is 5.84 Å². The van der Waals surface area contributed by atoms with E-state index in [4.69, 9.17) is 5.84 Å². The molecule has 0 aliphatic carbocycles. The fraction of sp³-hybridized carbons (Fsp3) is 0.0769. The van der Waals surface area contributed by atoms with Gasteiger partial charge in [0.25, 0.3) is 5.91 Å². The molecule has 19 heavy (non-hydrogen) atoms. The lowest BCUT2D eigenvalue weighted by molar-refractivity contribution is 0.0952. The molecule has 2 rings (SSSR count). The van der Waals surface area contributed by atoms with Crippen LogP contribution in [0.1, 0.15) is 16.1 Å². The minimum absolute atomic E-state index is 0.0997. The zero-order valence-electron chi connectivity index (χ0n) is 10.2. The van der Waals surface area contributed by atoms with Crippen LogP contribution in [0, 0.1) is 12.7 Å². The van der Waals surface area contributed by atoms with Crippen LogP contribution in [-0.4, -0.2) is 10.5 Å². The fourth-order valence-electron chi connectivity index (χ4n) is 1.78. The number of rotatable bonds is 2. The molecule has 0 atom stereocenters. The van der Waals surface area contributed by atoms with Crippen molar-refractivity contribution in [2.75, 3.05) is 0 Å². The van der Waals surface area contributed by atoms with Crippen LogP contribution in [0.3, 0.4) is 0 Å². The highest BCUT2D eigenvalue weighted by Crippen LogP contribution is 2.12. The number of hydrogen-bond donors (Lipinski definition) is 2. The molecule has 5 nitrogen and oxygen atoms in total. The smallest absolute Gasteiger partial charge is 0.270 e. The number of nitrogens with zero attached hydrogens (tertiary/aromatic N) is 1. The van der Waals surface area contributed by atoms with Crippen molar-refractivity contribution < 1.29 is 9.18 Å². The quantitative estimate of drug-likeness (QED) is 0.479. The summed E-state index contributed by atoms with van der Waals surface area (Å²) in [5.74, 6) is 3.93. The summed E-state index contributed by atoms with van der Waals surface area (Å²) >= 11 is 0. The Bertz CT molecular complexity index is 695. The van der Waals surface area contributed by atoms with E-state index in [0.717, 1.165) is 0 Å². The van der Waals surface area contributed by atoms with E-state index in [2.05, 4.69) is 0 Å². The predicted molar refractivity (Wildman–Crippen MR) is 68.4 cm³/mol. The Hall–Kier alpha value is -2.47. The molecule has 0 saturated heterocycles. The van der Waals surface area contributed by atoms with Crippen LogP contribution in [0.5, 0.6) is 0 Å². The number of aryl methyl sites for hydroxylation is 1. The topological polar surface area (TPSA) is 77.1 Å². The highest BCUT2D eigenvalue weighted by atomic mass is 19.1. The van der Waals surface area contributed by atoms with Crippen LogP contribution < -0.4 is 16.7 Å². The number of benzene rings is 1. The maximum atomic E-state index is 13.2. The van der Waals surface area contributed by atoms with Gasteiger partial charge in [0, 0.05) is 23.6 Å². The third-order valence-corrected chi connectivity index (χ3v) is 2.71. The Labute approximate surface area is 108 Å². The monoisotopic (exact) mass is 261 g/mol. The van der Waals surface area contributed by atoms with Gasteiger partial charge in [-0.15, -0.1) is 0 Å². The van der Waals surface area contributed by atoms with Gasteiger partial charge in [-0.3, -0.25) is 15.0 Å². The number of nitrogen functional groups attached to an aromatic ring is 1. The average Bonchev–Trinajstić information content (AvgIpc) is 2.38. The van der Waals surface area contributed by atoms with Crippen molar-refractivity contribution in [1.82, 2.24) is 9.99 Å². The van der Waals surface area contributed by atoms with E-state index >= 15 is 0 Å². The molecule has 0 saturated carbocycles. The fourth-order valence-corrected chi connectivity index (χ4v) is 1.78. The molecule has 0 spiro atoms. The molecular weight excluding hydrogens is 249 g/mol. The van der Waals surface area contributed by atoms with Gasteiger partial charge in [0.05, 0.1) is 0 Å². The number of hydrogen-bond acceptors (Lipinski definition) is 3. The van der Waals surface area contributed by atoms with Crippen LogP contribution in [0.2, 0.25) is 0 Å². The summed E-state index contributed by atoms with van der Waals surface area (Å²) in [5, 5.41) is 0. The Morgan fingerprint density at radius 3 is 2.74 bits per heavy atom. The Morgan fingerprint density at radius 2 is 2.11 bits per heavy atom. The molecule has 0 aliphatic rings. The molecule has 0 aliphatic heterocycles. The summed E-state index contributed by atoms with van der Waals surface area (Å²) in [6.45, 7) is 1.69. The largest absolute Gasteiger partial charge is 0.320 e. The van der Waals surface area contributed by atoms with Gasteiger partial charge in [-0.1, -0.05) is 6.07 Å². The van der Waals surface area contributed by atoms with Crippen molar-refractivity contribution in [3.8, 4) is 5.69 Å². The number of carbonyl (C=O) groups excluding carboxylic acids is 1. The number of pyridine rings is 1. The molecule has 3 N–H and O–H groups in total. The minimum Gasteiger partial charge on any atom is -0.320 e. The number of aromatic nitrogens is 1. The second-order valence-corrected chi connectivity index (χ2v) is 4.02. The van der Waals surface area contributed by atoms with E-state index in [1.807, 2.05) is 5.43 Å². The molecule has 0 bridgehead atoms. The lowest BCUT2D eigenvalue weighted by Crippen LogP contribution is -2.34. The normalized spacial score (nSPS) is 10.3. The van der Waals surface area contributed by atoms with Gasteiger partial charge < -0.3 is 4.57 Å². The van der Waals surface area contributed by atoms with Crippen LogP contribution in [-0.2, 0) is 0 Å². The van der Waals surface area contributed by atoms with Gasteiger partial charge in [0.2, 0.25) is 0 Å². The van der Waals surface area contributed by atoms with E-state index in [1.165, 1.54) is 24.4 Å². The second-order valence-electron chi connectivity index (χ2n) is 4.02. The Morgan fingerprint density at radius 1 is 1.37 bits per heavy atom. The SMILES string of the molecule is Cc1cc(=O)c(C(=O)NN)cn1-c1cccc(F)c1. The van der Waals surface area contributed by atoms with Gasteiger partial charge >= 0.3 is 0 Å². The highest BCUT2D eigenvalue weighted by Gasteiger charge is 2.12. The summed E-state index contributed by atoms with van der Waals surface area (Å²) < 4.78 is 14.8. The van der Waals surface area contributed by atoms with Gasteiger partial charge in [-0.05, 0) is 25.1 Å². The summed E-state index contributed by atoms with van der Waals surface area (Å²) in [6, 6.07) is 7.14. The third-order valence-electron chi connectivity index (χ3n) is 2.71. The molecule has 2 aromatic rings. The summed E-state index contributed by atoms with van der Waals surface area (Å²) in [7, 11) is 0. The molecule has 98 valence electrons. The van der Waals surface area contributed by atoms with Crippen LogP contribution in [0.15, 0.2) is 41.3 Å². The van der Waals surface area contributed by atoms with Crippen LogP contribution in [0.4, 0.5) is 4.39 Å². The maximum Gasteiger partial charge on any atom is 0.270 e. The molecule has 6 heteroatoms. The van der Waals surface area contributed by atoms with Crippen LogP contribution in [0.25, 0.3) is 5.69 Å². The Kier molecular flexibility index (Phi) is 3.43. The molecular formula is C13H12FN3O2. The van der Waals surface area contributed by atoms with Gasteiger partial charge in [0.15, 0.2) is 5.43 Å². The first-order valence-electron chi connectivity index (χ1n) is 5.53. The van der Waals surface area contributed by atoms with E-state index in [0.29, 0.717) is 11.4 Å². The standard InChI is InChI=1S/C13H12FN3O2/c1-8-5-12(18)11(13(19)16-15)7-17(8)10-4-2-3-9(14)6-10/h2-7H,15H2,1H3,(H,16,19). The van der Waals surface area contributed by atoms with E-state index in [-0.39, 0.29) is 5.56 Å². The number of nitrogens with one attached hydrogen (secondary N) is 1. The predicted octanol–water partition coefficient (Wildman–Crippen LogP) is 0.889. The molecule has 1 aromatic carbocycles. The zero-order valence-corrected chi connectivity index (χ0v) is 10.2. The molecule has 1 heterocycles. The average molecular weight is 261 g/mol. The summed E-state index contributed by atoms with van der Waals surface area (Å²) in [5.41, 5.74) is 2.47.